The molecule has 4 rings (SSSR count). The van der Waals surface area contributed by atoms with Crippen molar-refractivity contribution in [2.45, 2.75) is 37.8 Å². The largest absolute Gasteiger partial charge is 0.389 e. The maximum Gasteiger partial charge on any atom is 0.272 e. The van der Waals surface area contributed by atoms with Crippen LogP contribution in [0.1, 0.15) is 36.2 Å². The number of β-amino-alcohol motifs (C(OH)–C–C–N with tert-alkyl or cyclic N) is 1. The summed E-state index contributed by atoms with van der Waals surface area (Å²) in [6.45, 7) is 0.481. The van der Waals surface area contributed by atoms with Crippen LogP contribution in [-0.4, -0.2) is 57.0 Å². The summed E-state index contributed by atoms with van der Waals surface area (Å²) < 4.78 is 0. The topological polar surface area (TPSA) is 95.4 Å². The SMILES string of the molecule is O=C(N[C@@H]1CN(C(=O)c2cccc(-c3ccncc3)n2)C[C@H]1O)C1CCCC1. The number of rotatable bonds is 4. The van der Waals surface area contributed by atoms with Crippen LogP contribution in [0.25, 0.3) is 11.3 Å². The number of hydrogen-bond acceptors (Lipinski definition) is 5. The summed E-state index contributed by atoms with van der Waals surface area (Å²) >= 11 is 0. The molecule has 7 nitrogen and oxygen atoms in total. The lowest BCUT2D eigenvalue weighted by Crippen LogP contribution is -2.45. The van der Waals surface area contributed by atoms with Crippen molar-refractivity contribution in [1.29, 1.82) is 0 Å². The zero-order valence-corrected chi connectivity index (χ0v) is 15.6. The molecule has 0 unspecified atom stereocenters. The van der Waals surface area contributed by atoms with Crippen LogP contribution in [0, 0.1) is 5.92 Å². The molecule has 1 saturated heterocycles. The number of nitrogens with one attached hydrogen (secondary N) is 1. The number of hydrogen-bond donors (Lipinski definition) is 2. The van der Waals surface area contributed by atoms with Gasteiger partial charge in [-0.25, -0.2) is 4.98 Å². The predicted octanol–water partition coefficient (Wildman–Crippen LogP) is 1.64. The number of nitrogens with zero attached hydrogens (tertiary/aromatic N) is 3. The normalized spacial score (nSPS) is 22.4. The quantitative estimate of drug-likeness (QED) is 0.841. The molecule has 0 radical (unpaired) electrons. The van der Waals surface area contributed by atoms with E-state index in [-0.39, 0.29) is 24.3 Å². The van der Waals surface area contributed by atoms with Crippen molar-refractivity contribution in [1.82, 2.24) is 20.2 Å². The number of carbonyl (C=O) groups is 2. The van der Waals surface area contributed by atoms with Gasteiger partial charge < -0.3 is 15.3 Å². The second kappa shape index (κ2) is 8.06. The molecule has 2 aromatic heterocycles. The molecule has 2 atom stereocenters. The van der Waals surface area contributed by atoms with Gasteiger partial charge in [-0.2, -0.15) is 0 Å². The number of aliphatic hydroxyl groups is 1. The molecule has 3 heterocycles. The van der Waals surface area contributed by atoms with Crippen molar-refractivity contribution in [3.8, 4) is 11.3 Å². The molecule has 1 aliphatic heterocycles. The van der Waals surface area contributed by atoms with Gasteiger partial charge in [0.15, 0.2) is 0 Å². The minimum Gasteiger partial charge on any atom is -0.389 e. The lowest BCUT2D eigenvalue weighted by atomic mass is 10.1. The molecule has 1 aliphatic carbocycles. The number of likely N-dealkylation sites (tertiary alicyclic amines) is 1. The predicted molar refractivity (Wildman–Crippen MR) is 103 cm³/mol. The van der Waals surface area contributed by atoms with Gasteiger partial charge in [-0.1, -0.05) is 18.9 Å². The van der Waals surface area contributed by atoms with Crippen LogP contribution in [0.5, 0.6) is 0 Å². The van der Waals surface area contributed by atoms with Gasteiger partial charge in [0.2, 0.25) is 5.91 Å². The van der Waals surface area contributed by atoms with E-state index in [0.717, 1.165) is 31.2 Å². The first-order valence-corrected chi connectivity index (χ1v) is 9.77. The fourth-order valence-corrected chi connectivity index (χ4v) is 3.98. The van der Waals surface area contributed by atoms with E-state index < -0.39 is 12.1 Å². The van der Waals surface area contributed by atoms with Crippen molar-refractivity contribution in [2.24, 2.45) is 5.92 Å². The molecule has 1 saturated carbocycles. The van der Waals surface area contributed by atoms with Crippen LogP contribution in [-0.2, 0) is 4.79 Å². The Morgan fingerprint density at radius 2 is 1.82 bits per heavy atom. The highest BCUT2D eigenvalue weighted by atomic mass is 16.3. The Hall–Kier alpha value is -2.80. The third kappa shape index (κ3) is 3.89. The van der Waals surface area contributed by atoms with E-state index >= 15 is 0 Å². The van der Waals surface area contributed by atoms with E-state index in [1.165, 1.54) is 0 Å². The zero-order valence-electron chi connectivity index (χ0n) is 15.6. The van der Waals surface area contributed by atoms with Gasteiger partial charge in [-0.05, 0) is 37.1 Å². The molecule has 0 aromatic carbocycles. The average molecular weight is 380 g/mol. The molecular formula is C21H24N4O3. The van der Waals surface area contributed by atoms with E-state index in [0.29, 0.717) is 17.9 Å². The Balaban J connectivity index is 1.43. The molecule has 0 bridgehead atoms. The zero-order chi connectivity index (χ0) is 19.5. The van der Waals surface area contributed by atoms with Crippen LogP contribution in [0.2, 0.25) is 0 Å². The Morgan fingerprint density at radius 3 is 2.57 bits per heavy atom. The molecule has 7 heteroatoms. The van der Waals surface area contributed by atoms with Crippen molar-refractivity contribution >= 4 is 11.8 Å². The second-order valence-electron chi connectivity index (χ2n) is 7.52. The van der Waals surface area contributed by atoms with Gasteiger partial charge in [-0.15, -0.1) is 0 Å². The fraction of sp³-hybridized carbons (Fsp3) is 0.429. The standard InChI is InChI=1S/C21H24N4O3/c26-19-13-25(12-18(19)24-20(27)15-4-1-2-5-15)21(28)17-7-3-6-16(23-17)14-8-10-22-11-9-14/h3,6-11,15,18-19,26H,1-2,4-5,12-13H2,(H,24,27)/t18-,19-/m1/s1. The highest BCUT2D eigenvalue weighted by Crippen LogP contribution is 2.25. The summed E-state index contributed by atoms with van der Waals surface area (Å²) in [6.07, 6.45) is 6.56. The highest BCUT2D eigenvalue weighted by Gasteiger charge is 2.37. The molecular weight excluding hydrogens is 356 g/mol. The molecule has 2 aromatic rings. The minimum atomic E-state index is -0.766. The van der Waals surface area contributed by atoms with Gasteiger partial charge in [0, 0.05) is 37.0 Å². The Bertz CT molecular complexity index is 852. The molecule has 2 N–H and O–H groups in total. The first-order chi connectivity index (χ1) is 13.6. The van der Waals surface area contributed by atoms with Crippen LogP contribution in [0.15, 0.2) is 42.7 Å². The van der Waals surface area contributed by atoms with Crippen molar-refractivity contribution in [3.63, 3.8) is 0 Å². The number of aromatic nitrogens is 2. The third-order valence-electron chi connectivity index (χ3n) is 5.57. The Kier molecular flexibility index (Phi) is 5.34. The smallest absolute Gasteiger partial charge is 0.272 e. The molecule has 28 heavy (non-hydrogen) atoms. The van der Waals surface area contributed by atoms with Crippen LogP contribution in [0.4, 0.5) is 0 Å². The van der Waals surface area contributed by atoms with Gasteiger partial charge in [-0.3, -0.25) is 14.6 Å². The third-order valence-corrected chi connectivity index (χ3v) is 5.57. The van der Waals surface area contributed by atoms with Gasteiger partial charge >= 0.3 is 0 Å². The summed E-state index contributed by atoms with van der Waals surface area (Å²) in [4.78, 5) is 35.3. The van der Waals surface area contributed by atoms with E-state index in [4.69, 9.17) is 0 Å². The number of pyridine rings is 2. The second-order valence-corrected chi connectivity index (χ2v) is 7.52. The maximum absolute atomic E-state index is 12.9. The van der Waals surface area contributed by atoms with Gasteiger partial charge in [0.05, 0.1) is 17.8 Å². The molecule has 2 amide bonds. The van der Waals surface area contributed by atoms with Gasteiger partial charge in [0.1, 0.15) is 5.69 Å². The summed E-state index contributed by atoms with van der Waals surface area (Å²) in [5.41, 5.74) is 1.90. The van der Waals surface area contributed by atoms with Crippen molar-refractivity contribution in [2.75, 3.05) is 13.1 Å². The summed E-state index contributed by atoms with van der Waals surface area (Å²) in [5, 5.41) is 13.3. The summed E-state index contributed by atoms with van der Waals surface area (Å²) in [6, 6.07) is 8.55. The van der Waals surface area contributed by atoms with E-state index in [1.807, 2.05) is 18.2 Å². The Morgan fingerprint density at radius 1 is 1.07 bits per heavy atom. The molecule has 146 valence electrons. The lowest BCUT2D eigenvalue weighted by molar-refractivity contribution is -0.126. The molecule has 2 fully saturated rings. The van der Waals surface area contributed by atoms with Crippen LogP contribution >= 0.6 is 0 Å². The summed E-state index contributed by atoms with van der Waals surface area (Å²) in [5.74, 6) is -0.211. The fourth-order valence-electron chi connectivity index (χ4n) is 3.98. The Labute approximate surface area is 163 Å². The van der Waals surface area contributed by atoms with Crippen molar-refractivity contribution in [3.05, 3.63) is 48.4 Å². The lowest BCUT2D eigenvalue weighted by Gasteiger charge is -2.19. The molecule has 0 spiro atoms. The average Bonchev–Trinajstić information content (AvgIpc) is 3.39. The van der Waals surface area contributed by atoms with Crippen molar-refractivity contribution < 1.29 is 14.7 Å². The first kappa shape index (κ1) is 18.6. The number of carbonyl (C=O) groups excluding carboxylic acids is 2. The van der Waals surface area contributed by atoms with E-state index in [9.17, 15) is 14.7 Å². The van der Waals surface area contributed by atoms with Crippen LogP contribution in [0.3, 0.4) is 0 Å². The van der Waals surface area contributed by atoms with E-state index in [1.54, 1.807) is 29.4 Å². The highest BCUT2D eigenvalue weighted by molar-refractivity contribution is 5.93. The van der Waals surface area contributed by atoms with Crippen LogP contribution < -0.4 is 5.32 Å². The van der Waals surface area contributed by atoms with Gasteiger partial charge in [0.25, 0.3) is 5.91 Å². The minimum absolute atomic E-state index is 0.00587. The molecule has 2 aliphatic rings. The number of aliphatic hydroxyl groups excluding tert-OH is 1. The maximum atomic E-state index is 12.9. The van der Waals surface area contributed by atoms with E-state index in [2.05, 4.69) is 15.3 Å². The first-order valence-electron chi connectivity index (χ1n) is 9.77. The monoisotopic (exact) mass is 380 g/mol. The summed E-state index contributed by atoms with van der Waals surface area (Å²) in [7, 11) is 0. The number of amides is 2.